The number of hydrogen-bond acceptors (Lipinski definition) is 3. The number of aryl methyl sites for hydroxylation is 1. The van der Waals surface area contributed by atoms with Gasteiger partial charge in [0.05, 0.1) is 11.0 Å². The molecule has 7 nitrogen and oxygen atoms in total. The number of aromatic nitrogens is 2. The average molecular weight is 338 g/mol. The van der Waals surface area contributed by atoms with E-state index in [9.17, 15) is 14.4 Å². The van der Waals surface area contributed by atoms with Crippen LogP contribution in [0, 0.1) is 0 Å². The first kappa shape index (κ1) is 16.5. The number of carbonyl (C=O) groups is 2. The van der Waals surface area contributed by atoms with Crippen LogP contribution in [0.25, 0.3) is 11.0 Å². The van der Waals surface area contributed by atoms with E-state index in [2.05, 4.69) is 10.6 Å². The summed E-state index contributed by atoms with van der Waals surface area (Å²) >= 11 is 0. The molecule has 1 heterocycles. The number of carbonyl (C=O) groups excluding carboxylic acids is 2. The van der Waals surface area contributed by atoms with Gasteiger partial charge in [0.1, 0.15) is 6.54 Å². The van der Waals surface area contributed by atoms with Crippen LogP contribution in [0.4, 0.5) is 11.4 Å². The monoisotopic (exact) mass is 338 g/mol. The van der Waals surface area contributed by atoms with Crippen molar-refractivity contribution in [3.8, 4) is 0 Å². The summed E-state index contributed by atoms with van der Waals surface area (Å²) in [7, 11) is 1.68. The van der Waals surface area contributed by atoms with Gasteiger partial charge in [-0.05, 0) is 36.4 Å². The highest BCUT2D eigenvalue weighted by Crippen LogP contribution is 2.14. The lowest BCUT2D eigenvalue weighted by atomic mass is 10.2. The van der Waals surface area contributed by atoms with E-state index in [1.54, 1.807) is 31.3 Å². The van der Waals surface area contributed by atoms with Gasteiger partial charge in [-0.3, -0.25) is 18.7 Å². The molecule has 1 aromatic heterocycles. The Hall–Kier alpha value is -3.35. The van der Waals surface area contributed by atoms with Crippen molar-refractivity contribution in [2.24, 2.45) is 7.05 Å². The highest BCUT2D eigenvalue weighted by Gasteiger charge is 2.13. The molecule has 2 amide bonds. The predicted molar refractivity (Wildman–Crippen MR) is 96.6 cm³/mol. The summed E-state index contributed by atoms with van der Waals surface area (Å²) in [5.41, 5.74) is 2.49. The molecule has 0 unspecified atom stereocenters. The van der Waals surface area contributed by atoms with Gasteiger partial charge in [-0.25, -0.2) is 4.79 Å². The molecular weight excluding hydrogens is 320 g/mol. The molecule has 0 aliphatic carbocycles. The van der Waals surface area contributed by atoms with Crippen LogP contribution in [0.1, 0.15) is 6.92 Å². The Morgan fingerprint density at radius 3 is 2.08 bits per heavy atom. The first-order chi connectivity index (χ1) is 12.0. The molecule has 3 rings (SSSR count). The summed E-state index contributed by atoms with van der Waals surface area (Å²) in [6.07, 6.45) is 0. The van der Waals surface area contributed by atoms with E-state index < -0.39 is 0 Å². The molecule has 0 atom stereocenters. The normalized spacial score (nSPS) is 10.6. The molecule has 25 heavy (non-hydrogen) atoms. The zero-order valence-corrected chi connectivity index (χ0v) is 13.9. The van der Waals surface area contributed by atoms with E-state index in [-0.39, 0.29) is 24.0 Å². The number of fused-ring (bicyclic) bond motifs is 1. The molecule has 0 fully saturated rings. The number of amides is 2. The smallest absolute Gasteiger partial charge is 0.326 e. The Morgan fingerprint density at radius 2 is 1.48 bits per heavy atom. The first-order valence-corrected chi connectivity index (χ1v) is 7.77. The predicted octanol–water partition coefficient (Wildman–Crippen LogP) is 1.94. The largest absolute Gasteiger partial charge is 0.329 e. The molecule has 0 aliphatic rings. The lowest BCUT2D eigenvalue weighted by Crippen LogP contribution is -2.28. The van der Waals surface area contributed by atoms with Gasteiger partial charge in [-0.15, -0.1) is 0 Å². The maximum Gasteiger partial charge on any atom is 0.329 e. The summed E-state index contributed by atoms with van der Waals surface area (Å²) in [5.74, 6) is -0.460. The van der Waals surface area contributed by atoms with Crippen LogP contribution in [0.15, 0.2) is 53.3 Å². The van der Waals surface area contributed by atoms with Crippen molar-refractivity contribution in [3.63, 3.8) is 0 Å². The molecule has 128 valence electrons. The minimum absolute atomic E-state index is 0.0758. The highest BCUT2D eigenvalue weighted by molar-refractivity contribution is 5.92. The van der Waals surface area contributed by atoms with Gasteiger partial charge in [-0.2, -0.15) is 0 Å². The molecule has 7 heteroatoms. The summed E-state index contributed by atoms with van der Waals surface area (Å²) in [6.45, 7) is 1.35. The van der Waals surface area contributed by atoms with E-state index in [1.165, 1.54) is 16.1 Å². The van der Waals surface area contributed by atoms with Crippen molar-refractivity contribution in [1.29, 1.82) is 0 Å². The van der Waals surface area contributed by atoms with Crippen molar-refractivity contribution in [1.82, 2.24) is 9.13 Å². The maximum absolute atomic E-state index is 12.3. The van der Waals surface area contributed by atoms with Gasteiger partial charge in [0.25, 0.3) is 0 Å². The third-order valence-corrected chi connectivity index (χ3v) is 3.84. The maximum atomic E-state index is 12.3. The SMILES string of the molecule is CC(=O)Nc1ccc(NC(=O)Cn2c(=O)n(C)c3ccccc32)cc1. The van der Waals surface area contributed by atoms with Crippen molar-refractivity contribution in [2.45, 2.75) is 13.5 Å². The zero-order chi connectivity index (χ0) is 18.0. The lowest BCUT2D eigenvalue weighted by Gasteiger charge is -2.08. The molecule has 0 saturated heterocycles. The molecule has 0 aliphatic heterocycles. The average Bonchev–Trinajstić information content (AvgIpc) is 2.82. The first-order valence-electron chi connectivity index (χ1n) is 7.77. The number of imidazole rings is 1. The summed E-state index contributed by atoms with van der Waals surface area (Å²) in [6, 6.07) is 14.1. The second kappa shape index (κ2) is 6.64. The van der Waals surface area contributed by atoms with Gasteiger partial charge in [0, 0.05) is 25.3 Å². The van der Waals surface area contributed by atoms with Gasteiger partial charge < -0.3 is 10.6 Å². The van der Waals surface area contributed by atoms with Crippen LogP contribution >= 0.6 is 0 Å². The highest BCUT2D eigenvalue weighted by atomic mass is 16.2. The number of benzene rings is 2. The lowest BCUT2D eigenvalue weighted by molar-refractivity contribution is -0.117. The van der Waals surface area contributed by atoms with Crippen LogP contribution in [0.2, 0.25) is 0 Å². The van der Waals surface area contributed by atoms with Gasteiger partial charge in [-0.1, -0.05) is 12.1 Å². The van der Waals surface area contributed by atoms with Gasteiger partial charge in [0.15, 0.2) is 0 Å². The standard InChI is InChI=1S/C18H18N4O3/c1-12(23)19-13-7-9-14(10-8-13)20-17(24)11-22-16-6-4-3-5-15(16)21(2)18(22)25/h3-10H,11H2,1-2H3,(H,19,23)(H,20,24). The van der Waals surface area contributed by atoms with Crippen LogP contribution in [-0.2, 0) is 23.2 Å². The Bertz CT molecular complexity index is 999. The van der Waals surface area contributed by atoms with Gasteiger partial charge >= 0.3 is 5.69 Å². The minimum Gasteiger partial charge on any atom is -0.326 e. The second-order valence-corrected chi connectivity index (χ2v) is 5.72. The van der Waals surface area contributed by atoms with Crippen molar-refractivity contribution >= 4 is 34.2 Å². The molecule has 2 aromatic carbocycles. The molecule has 0 radical (unpaired) electrons. The minimum atomic E-state index is -0.300. The van der Waals surface area contributed by atoms with Crippen LogP contribution < -0.4 is 16.3 Å². The molecule has 2 N–H and O–H groups in total. The number of hydrogen-bond donors (Lipinski definition) is 2. The van der Waals surface area contributed by atoms with E-state index in [1.807, 2.05) is 24.3 Å². The Kier molecular flexibility index (Phi) is 4.38. The Morgan fingerprint density at radius 1 is 0.920 bits per heavy atom. The number of rotatable bonds is 4. The van der Waals surface area contributed by atoms with E-state index in [4.69, 9.17) is 0 Å². The fourth-order valence-electron chi connectivity index (χ4n) is 2.70. The summed E-state index contributed by atoms with van der Waals surface area (Å²) in [5, 5.41) is 5.41. The topological polar surface area (TPSA) is 85.1 Å². The third kappa shape index (κ3) is 3.45. The van der Waals surface area contributed by atoms with E-state index >= 15 is 0 Å². The Labute approximate surface area is 143 Å². The number of anilines is 2. The fourth-order valence-corrected chi connectivity index (χ4v) is 2.70. The van der Waals surface area contributed by atoms with E-state index in [0.717, 1.165) is 5.52 Å². The quantitative estimate of drug-likeness (QED) is 0.762. The van der Waals surface area contributed by atoms with E-state index in [0.29, 0.717) is 16.9 Å². The van der Waals surface area contributed by atoms with Crippen molar-refractivity contribution in [3.05, 3.63) is 59.0 Å². The Balaban J connectivity index is 1.76. The molecule has 0 bridgehead atoms. The second-order valence-electron chi connectivity index (χ2n) is 5.72. The van der Waals surface area contributed by atoms with Crippen LogP contribution in [0.5, 0.6) is 0 Å². The van der Waals surface area contributed by atoms with Crippen molar-refractivity contribution < 1.29 is 9.59 Å². The molecule has 3 aromatic rings. The van der Waals surface area contributed by atoms with Gasteiger partial charge in [0.2, 0.25) is 11.8 Å². The summed E-state index contributed by atoms with van der Waals surface area (Å²) < 4.78 is 2.96. The number of nitrogens with zero attached hydrogens (tertiary/aromatic N) is 2. The third-order valence-electron chi connectivity index (χ3n) is 3.84. The number of para-hydroxylation sites is 2. The summed E-state index contributed by atoms with van der Waals surface area (Å²) in [4.78, 5) is 35.6. The molecular formula is C18H18N4O3. The van der Waals surface area contributed by atoms with Crippen LogP contribution in [-0.4, -0.2) is 20.9 Å². The zero-order valence-electron chi connectivity index (χ0n) is 13.9. The fraction of sp³-hybridized carbons (Fsp3) is 0.167. The molecule has 0 spiro atoms. The molecule has 0 saturated carbocycles. The van der Waals surface area contributed by atoms with Crippen molar-refractivity contribution in [2.75, 3.05) is 10.6 Å². The number of nitrogens with one attached hydrogen (secondary N) is 2. The van der Waals surface area contributed by atoms with Crippen LogP contribution in [0.3, 0.4) is 0 Å².